The van der Waals surface area contributed by atoms with E-state index in [9.17, 15) is 9.50 Å². The van der Waals surface area contributed by atoms with Crippen molar-refractivity contribution in [1.29, 1.82) is 0 Å². The van der Waals surface area contributed by atoms with Gasteiger partial charge in [-0.05, 0) is 49.4 Å². The third kappa shape index (κ3) is 2.76. The number of hydrogen-bond acceptors (Lipinski definition) is 5. The van der Waals surface area contributed by atoms with Crippen LogP contribution in [-0.2, 0) is 0 Å². The van der Waals surface area contributed by atoms with E-state index in [2.05, 4.69) is 20.4 Å². The molecule has 124 valence electrons. The minimum absolute atomic E-state index is 0.188. The van der Waals surface area contributed by atoms with Crippen molar-refractivity contribution in [3.8, 4) is 11.4 Å². The summed E-state index contributed by atoms with van der Waals surface area (Å²) in [6.45, 7) is 1.85. The smallest absolute Gasteiger partial charge is 0.168 e. The summed E-state index contributed by atoms with van der Waals surface area (Å²) in [5, 5.41) is 17.8. The second-order valence-corrected chi connectivity index (χ2v) is 5.57. The van der Waals surface area contributed by atoms with Crippen LogP contribution in [0.4, 0.5) is 15.9 Å². The van der Waals surface area contributed by atoms with Crippen molar-refractivity contribution >= 4 is 22.5 Å². The predicted molar refractivity (Wildman–Crippen MR) is 92.7 cm³/mol. The molecule has 0 fully saturated rings. The molecule has 0 atom stereocenters. The minimum atomic E-state index is -0.338. The molecule has 2 N–H and O–H groups in total. The number of anilines is 2. The van der Waals surface area contributed by atoms with Crippen LogP contribution in [0.1, 0.15) is 5.69 Å². The van der Waals surface area contributed by atoms with Gasteiger partial charge in [-0.2, -0.15) is 5.10 Å². The fourth-order valence-corrected chi connectivity index (χ4v) is 2.68. The van der Waals surface area contributed by atoms with Gasteiger partial charge in [0.15, 0.2) is 5.65 Å². The molecular weight excluding hydrogens is 321 g/mol. The summed E-state index contributed by atoms with van der Waals surface area (Å²) >= 11 is 0. The van der Waals surface area contributed by atoms with Crippen LogP contribution in [-0.4, -0.2) is 24.9 Å². The van der Waals surface area contributed by atoms with Gasteiger partial charge in [-0.1, -0.05) is 6.07 Å². The fourth-order valence-electron chi connectivity index (χ4n) is 2.68. The lowest BCUT2D eigenvalue weighted by atomic mass is 10.2. The third-order valence-corrected chi connectivity index (χ3v) is 3.82. The molecule has 4 rings (SSSR count). The highest BCUT2D eigenvalue weighted by atomic mass is 19.1. The molecule has 0 unspecified atom stereocenters. The van der Waals surface area contributed by atoms with Crippen molar-refractivity contribution in [1.82, 2.24) is 19.7 Å². The van der Waals surface area contributed by atoms with Crippen LogP contribution >= 0.6 is 0 Å². The molecule has 0 radical (unpaired) electrons. The summed E-state index contributed by atoms with van der Waals surface area (Å²) in [6, 6.07) is 12.9. The number of phenols is 1. The first-order chi connectivity index (χ1) is 12.1. The lowest BCUT2D eigenvalue weighted by molar-refractivity contribution is 0.475. The normalized spacial score (nSPS) is 11.0. The number of nitrogens with one attached hydrogen (secondary N) is 1. The second-order valence-electron chi connectivity index (χ2n) is 5.57. The molecule has 2 aromatic heterocycles. The highest BCUT2D eigenvalue weighted by molar-refractivity contribution is 5.91. The summed E-state index contributed by atoms with van der Waals surface area (Å²) < 4.78 is 15.1. The number of nitrogens with zero attached hydrogens (tertiary/aromatic N) is 4. The number of aromatic hydroxyl groups is 1. The van der Waals surface area contributed by atoms with E-state index in [4.69, 9.17) is 0 Å². The highest BCUT2D eigenvalue weighted by Crippen LogP contribution is 2.28. The lowest BCUT2D eigenvalue weighted by Crippen LogP contribution is -1.99. The zero-order valence-corrected chi connectivity index (χ0v) is 13.3. The van der Waals surface area contributed by atoms with Gasteiger partial charge in [0.1, 0.15) is 23.7 Å². The molecule has 0 saturated carbocycles. The van der Waals surface area contributed by atoms with Crippen LogP contribution in [0.3, 0.4) is 0 Å². The van der Waals surface area contributed by atoms with Gasteiger partial charge in [-0.15, -0.1) is 0 Å². The van der Waals surface area contributed by atoms with Crippen LogP contribution in [0.25, 0.3) is 16.7 Å². The molecule has 2 aromatic carbocycles. The van der Waals surface area contributed by atoms with Gasteiger partial charge in [0.25, 0.3) is 0 Å². The number of aryl methyl sites for hydroxylation is 1. The number of halogens is 1. The molecule has 0 aliphatic heterocycles. The Morgan fingerprint density at radius 2 is 1.88 bits per heavy atom. The first-order valence-electron chi connectivity index (χ1n) is 7.64. The first-order valence-corrected chi connectivity index (χ1v) is 7.64. The number of fused-ring (bicyclic) bond motifs is 1. The quantitative estimate of drug-likeness (QED) is 0.558. The van der Waals surface area contributed by atoms with E-state index >= 15 is 0 Å². The van der Waals surface area contributed by atoms with Crippen LogP contribution in [0.5, 0.6) is 5.75 Å². The van der Waals surface area contributed by atoms with E-state index < -0.39 is 0 Å². The van der Waals surface area contributed by atoms with Crippen LogP contribution < -0.4 is 5.32 Å². The molecular formula is C18H14FN5O. The largest absolute Gasteiger partial charge is 0.508 e. The highest BCUT2D eigenvalue weighted by Gasteiger charge is 2.15. The SMILES string of the molecule is Cc1nn(-c2cccc(F)c2)c2ncnc(Nc3ccc(O)cc3)c12. The molecule has 25 heavy (non-hydrogen) atoms. The maximum atomic E-state index is 13.6. The van der Waals surface area contributed by atoms with E-state index in [-0.39, 0.29) is 11.6 Å². The molecule has 0 amide bonds. The molecule has 4 aromatic rings. The van der Waals surface area contributed by atoms with Gasteiger partial charge in [0.05, 0.1) is 16.8 Å². The summed E-state index contributed by atoms with van der Waals surface area (Å²) in [6.07, 6.45) is 1.43. The number of benzene rings is 2. The molecule has 0 spiro atoms. The summed E-state index contributed by atoms with van der Waals surface area (Å²) in [7, 11) is 0. The van der Waals surface area contributed by atoms with E-state index in [0.717, 1.165) is 16.8 Å². The van der Waals surface area contributed by atoms with Crippen molar-refractivity contribution in [2.24, 2.45) is 0 Å². The third-order valence-electron chi connectivity index (χ3n) is 3.82. The molecule has 0 aliphatic carbocycles. The van der Waals surface area contributed by atoms with Crippen LogP contribution in [0.15, 0.2) is 54.9 Å². The fraction of sp³-hybridized carbons (Fsp3) is 0.0556. The average molecular weight is 335 g/mol. The second kappa shape index (κ2) is 5.86. The predicted octanol–water partition coefficient (Wildman–Crippen LogP) is 3.71. The average Bonchev–Trinajstić information content (AvgIpc) is 2.95. The number of hydrogen-bond donors (Lipinski definition) is 2. The summed E-state index contributed by atoms with van der Waals surface area (Å²) in [4.78, 5) is 8.61. The van der Waals surface area contributed by atoms with Crippen LogP contribution in [0.2, 0.25) is 0 Å². The Balaban J connectivity index is 1.83. The molecule has 0 bridgehead atoms. The van der Waals surface area contributed by atoms with Gasteiger partial charge < -0.3 is 10.4 Å². The van der Waals surface area contributed by atoms with Gasteiger partial charge >= 0.3 is 0 Å². The Bertz CT molecular complexity index is 1060. The number of phenolic OH excluding ortho intramolecular Hbond substituents is 1. The maximum Gasteiger partial charge on any atom is 0.168 e. The monoisotopic (exact) mass is 335 g/mol. The number of aromatic nitrogens is 4. The van der Waals surface area contributed by atoms with Gasteiger partial charge in [-0.25, -0.2) is 19.0 Å². The maximum absolute atomic E-state index is 13.6. The van der Waals surface area contributed by atoms with E-state index in [1.165, 1.54) is 18.5 Å². The Morgan fingerprint density at radius 3 is 2.64 bits per heavy atom. The van der Waals surface area contributed by atoms with Crippen molar-refractivity contribution in [2.75, 3.05) is 5.32 Å². The molecule has 0 aliphatic rings. The van der Waals surface area contributed by atoms with Crippen LogP contribution in [0, 0.1) is 12.7 Å². The van der Waals surface area contributed by atoms with Crippen molar-refractivity contribution < 1.29 is 9.50 Å². The Hall–Kier alpha value is -3.48. The Morgan fingerprint density at radius 1 is 1.08 bits per heavy atom. The van der Waals surface area contributed by atoms with Gasteiger partial charge in [-0.3, -0.25) is 0 Å². The summed E-state index contributed by atoms with van der Waals surface area (Å²) in [5.41, 5.74) is 2.67. The topological polar surface area (TPSA) is 75.9 Å². The minimum Gasteiger partial charge on any atom is -0.508 e. The van der Waals surface area contributed by atoms with Gasteiger partial charge in [0, 0.05) is 5.69 Å². The lowest BCUT2D eigenvalue weighted by Gasteiger charge is -2.07. The number of rotatable bonds is 3. The van der Waals surface area contributed by atoms with Crippen molar-refractivity contribution in [2.45, 2.75) is 6.92 Å². The molecule has 0 saturated heterocycles. The molecule has 6 nitrogen and oxygen atoms in total. The first kappa shape index (κ1) is 15.1. The van der Waals surface area contributed by atoms with Crippen molar-refractivity contribution in [3.63, 3.8) is 0 Å². The Kier molecular flexibility index (Phi) is 3.53. The zero-order chi connectivity index (χ0) is 17.4. The standard InChI is InChI=1S/C18H14FN5O/c1-11-16-17(22-13-5-7-15(25)8-6-13)20-10-21-18(16)24(23-11)14-4-2-3-12(19)9-14/h2-10,25H,1H3,(H,20,21,22). The van der Waals surface area contributed by atoms with Crippen molar-refractivity contribution in [3.05, 3.63) is 66.4 Å². The molecule has 7 heteroatoms. The Labute approximate surface area is 142 Å². The summed E-state index contributed by atoms with van der Waals surface area (Å²) in [5.74, 6) is 0.444. The zero-order valence-electron chi connectivity index (χ0n) is 13.3. The van der Waals surface area contributed by atoms with Gasteiger partial charge in [0.2, 0.25) is 0 Å². The van der Waals surface area contributed by atoms with E-state index in [0.29, 0.717) is 17.2 Å². The van der Waals surface area contributed by atoms with E-state index in [1.54, 1.807) is 41.1 Å². The van der Waals surface area contributed by atoms with E-state index in [1.807, 2.05) is 6.92 Å². The molecule has 2 heterocycles.